The normalized spacial score (nSPS) is 16.3. The number of rotatable bonds is 3. The average molecular weight is 536 g/mol. The Hall–Kier alpha value is -4.00. The first kappa shape index (κ1) is 27.0. The number of primary amides is 1. The van der Waals surface area contributed by atoms with E-state index in [0.717, 1.165) is 25.2 Å². The van der Waals surface area contributed by atoms with Gasteiger partial charge in [-0.25, -0.2) is 4.98 Å². The van der Waals surface area contributed by atoms with Gasteiger partial charge in [-0.1, -0.05) is 18.2 Å². The molecule has 1 aliphatic rings. The summed E-state index contributed by atoms with van der Waals surface area (Å²) in [5.41, 5.74) is 5.06. The molecule has 1 saturated heterocycles. The van der Waals surface area contributed by atoms with E-state index in [1.807, 2.05) is 7.05 Å². The van der Waals surface area contributed by atoms with Crippen LogP contribution in [0, 0.1) is 0 Å². The summed E-state index contributed by atoms with van der Waals surface area (Å²) in [6, 6.07) is 9.63. The molecule has 0 radical (unpaired) electrons. The number of carbonyl (C=O) groups is 1. The van der Waals surface area contributed by atoms with E-state index in [-0.39, 0.29) is 22.7 Å². The van der Waals surface area contributed by atoms with Crippen molar-refractivity contribution in [2.24, 2.45) is 5.73 Å². The molecule has 4 aromatic rings. The zero-order chi connectivity index (χ0) is 27.7. The summed E-state index contributed by atoms with van der Waals surface area (Å²) < 4.78 is 76.6. The number of likely N-dealkylation sites (N-methyl/N-ethyl adjacent to an activating group) is 1. The Labute approximate surface area is 212 Å². The molecular formula is C25H22F6N6O. The van der Waals surface area contributed by atoms with Crippen LogP contribution in [-0.4, -0.2) is 51.1 Å². The molecule has 5 rings (SSSR count). The van der Waals surface area contributed by atoms with Crippen LogP contribution in [-0.2, 0) is 12.4 Å². The number of H-pyrrole nitrogens is 1. The molecule has 3 N–H and O–H groups in total. The molecule has 3 aromatic heterocycles. The van der Waals surface area contributed by atoms with Crippen LogP contribution in [0.1, 0.15) is 39.5 Å². The van der Waals surface area contributed by atoms with Gasteiger partial charge in [0.1, 0.15) is 5.69 Å². The molecule has 0 bridgehead atoms. The van der Waals surface area contributed by atoms with Crippen LogP contribution in [0.5, 0.6) is 0 Å². The van der Waals surface area contributed by atoms with Gasteiger partial charge in [0, 0.05) is 29.9 Å². The monoisotopic (exact) mass is 536 g/mol. The van der Waals surface area contributed by atoms with E-state index in [1.54, 1.807) is 12.1 Å². The molecule has 1 atom stereocenters. The maximum atomic E-state index is 12.8. The molecule has 0 saturated carbocycles. The SMILES string of the molecule is CN1CCC(c2ccccc2C(F)(F)F)C1.NC(=O)c1cnc2n[nH]c(-c3ccnc(C(F)(F)F)c3)c2c1. The molecule has 1 unspecified atom stereocenters. The van der Waals surface area contributed by atoms with Crippen LogP contribution in [0.25, 0.3) is 22.3 Å². The highest BCUT2D eigenvalue weighted by Crippen LogP contribution is 2.38. The largest absolute Gasteiger partial charge is 0.433 e. The fourth-order valence-corrected chi connectivity index (χ4v) is 4.30. The Morgan fingerprint density at radius 3 is 2.42 bits per heavy atom. The Morgan fingerprint density at radius 2 is 1.79 bits per heavy atom. The van der Waals surface area contributed by atoms with Gasteiger partial charge in [-0.15, -0.1) is 0 Å². The molecule has 13 heteroatoms. The van der Waals surface area contributed by atoms with Crippen molar-refractivity contribution in [2.75, 3.05) is 20.1 Å². The third-order valence-corrected chi connectivity index (χ3v) is 6.13. The van der Waals surface area contributed by atoms with Gasteiger partial charge in [0.15, 0.2) is 5.65 Å². The first-order chi connectivity index (χ1) is 17.8. The number of pyridine rings is 2. The van der Waals surface area contributed by atoms with Crippen LogP contribution >= 0.6 is 0 Å². The van der Waals surface area contributed by atoms with Crippen molar-refractivity contribution in [1.82, 2.24) is 25.1 Å². The van der Waals surface area contributed by atoms with Crippen molar-refractivity contribution >= 4 is 16.9 Å². The van der Waals surface area contributed by atoms with Crippen molar-refractivity contribution in [3.63, 3.8) is 0 Å². The predicted octanol–water partition coefficient (Wildman–Crippen LogP) is 5.26. The lowest BCUT2D eigenvalue weighted by Gasteiger charge is -2.17. The maximum Gasteiger partial charge on any atom is 0.433 e. The summed E-state index contributed by atoms with van der Waals surface area (Å²) in [4.78, 5) is 20.5. The lowest BCUT2D eigenvalue weighted by atomic mass is 9.93. The minimum atomic E-state index is -4.55. The van der Waals surface area contributed by atoms with Crippen LogP contribution in [0.2, 0.25) is 0 Å². The second kappa shape index (κ2) is 10.4. The maximum absolute atomic E-state index is 12.8. The van der Waals surface area contributed by atoms with Gasteiger partial charge in [0.05, 0.1) is 16.8 Å². The number of alkyl halides is 6. The predicted molar refractivity (Wildman–Crippen MR) is 127 cm³/mol. The Kier molecular flexibility index (Phi) is 7.40. The van der Waals surface area contributed by atoms with Crippen LogP contribution in [0.3, 0.4) is 0 Å². The van der Waals surface area contributed by atoms with Crippen molar-refractivity contribution in [2.45, 2.75) is 24.7 Å². The number of hydrogen-bond donors (Lipinski definition) is 2. The number of aromatic nitrogens is 4. The van der Waals surface area contributed by atoms with E-state index < -0.39 is 29.5 Å². The van der Waals surface area contributed by atoms with Gasteiger partial charge < -0.3 is 10.6 Å². The van der Waals surface area contributed by atoms with Gasteiger partial charge in [0.2, 0.25) is 5.91 Å². The molecular weight excluding hydrogens is 514 g/mol. The molecule has 1 aliphatic heterocycles. The van der Waals surface area contributed by atoms with Gasteiger partial charge in [-0.3, -0.25) is 14.9 Å². The van der Waals surface area contributed by atoms with E-state index in [4.69, 9.17) is 5.73 Å². The van der Waals surface area contributed by atoms with E-state index in [0.29, 0.717) is 23.2 Å². The molecule has 38 heavy (non-hydrogen) atoms. The van der Waals surface area contributed by atoms with Gasteiger partial charge in [0.25, 0.3) is 0 Å². The second-order valence-electron chi connectivity index (χ2n) is 8.82. The van der Waals surface area contributed by atoms with Crippen LogP contribution in [0.15, 0.2) is 54.9 Å². The zero-order valence-corrected chi connectivity index (χ0v) is 19.9. The van der Waals surface area contributed by atoms with E-state index in [2.05, 4.69) is 25.1 Å². The number of hydrogen-bond acceptors (Lipinski definition) is 5. The Balaban J connectivity index is 0.000000186. The summed E-state index contributed by atoms with van der Waals surface area (Å²) in [5, 5.41) is 6.91. The molecule has 1 amide bonds. The lowest BCUT2D eigenvalue weighted by Crippen LogP contribution is -2.16. The van der Waals surface area contributed by atoms with Crippen molar-refractivity contribution < 1.29 is 31.1 Å². The number of nitrogens with zero attached hydrogens (tertiary/aromatic N) is 4. The molecule has 4 heterocycles. The molecule has 7 nitrogen and oxygen atoms in total. The van der Waals surface area contributed by atoms with Crippen molar-refractivity contribution in [3.8, 4) is 11.3 Å². The number of carbonyl (C=O) groups excluding carboxylic acids is 1. The minimum Gasteiger partial charge on any atom is -0.366 e. The highest BCUT2D eigenvalue weighted by molar-refractivity contribution is 5.99. The third kappa shape index (κ3) is 5.93. The summed E-state index contributed by atoms with van der Waals surface area (Å²) in [5.74, 6) is -0.671. The molecule has 1 fully saturated rings. The fraction of sp³-hybridized carbons (Fsp3) is 0.280. The van der Waals surface area contributed by atoms with E-state index >= 15 is 0 Å². The molecule has 0 aliphatic carbocycles. The molecule has 1 aromatic carbocycles. The number of benzene rings is 1. The van der Waals surface area contributed by atoms with E-state index in [9.17, 15) is 31.1 Å². The highest BCUT2D eigenvalue weighted by atomic mass is 19.4. The Morgan fingerprint density at radius 1 is 1.05 bits per heavy atom. The number of fused-ring (bicyclic) bond motifs is 1. The van der Waals surface area contributed by atoms with Crippen molar-refractivity contribution in [1.29, 1.82) is 0 Å². The first-order valence-corrected chi connectivity index (χ1v) is 11.4. The topological polar surface area (TPSA) is 101 Å². The number of amides is 1. The van der Waals surface area contributed by atoms with Gasteiger partial charge in [-0.2, -0.15) is 31.4 Å². The minimum absolute atomic E-state index is 0.0165. The summed E-state index contributed by atoms with van der Waals surface area (Å²) in [6.45, 7) is 1.59. The zero-order valence-electron chi connectivity index (χ0n) is 19.9. The van der Waals surface area contributed by atoms with Gasteiger partial charge in [-0.05, 0) is 55.8 Å². The number of nitrogens with one attached hydrogen (secondary N) is 1. The highest BCUT2D eigenvalue weighted by Gasteiger charge is 2.36. The summed E-state index contributed by atoms with van der Waals surface area (Å²) >= 11 is 0. The quantitative estimate of drug-likeness (QED) is 0.348. The number of halogens is 6. The lowest BCUT2D eigenvalue weighted by molar-refractivity contribution is -0.141. The number of likely N-dealkylation sites (tertiary alicyclic amines) is 1. The number of aromatic amines is 1. The summed E-state index contributed by atoms with van der Waals surface area (Å²) in [7, 11) is 1.94. The third-order valence-electron chi connectivity index (χ3n) is 6.13. The summed E-state index contributed by atoms with van der Waals surface area (Å²) in [6.07, 6.45) is -5.68. The number of nitrogens with two attached hydrogens (primary N) is 1. The van der Waals surface area contributed by atoms with E-state index in [1.165, 1.54) is 30.5 Å². The molecule has 0 spiro atoms. The fourth-order valence-electron chi connectivity index (χ4n) is 4.30. The Bertz CT molecular complexity index is 1450. The smallest absolute Gasteiger partial charge is 0.366 e. The standard InChI is InChI=1S/C13H8F3N5O.C12H14F3N/c14-13(15,16)9-4-6(1-2-18-9)10-8-3-7(11(17)22)5-19-12(8)21-20-10;1-16-7-6-9(8-16)10-4-2-3-5-11(10)12(13,14)15/h1-5H,(H2,17,22)(H,19,20,21);2-5,9H,6-8H2,1H3. The van der Waals surface area contributed by atoms with Gasteiger partial charge >= 0.3 is 12.4 Å². The van der Waals surface area contributed by atoms with Crippen LogP contribution in [0.4, 0.5) is 26.3 Å². The average Bonchev–Trinajstić information content (AvgIpc) is 3.49. The first-order valence-electron chi connectivity index (χ1n) is 11.4. The van der Waals surface area contributed by atoms with Crippen molar-refractivity contribution in [3.05, 3.63) is 77.2 Å². The second-order valence-corrected chi connectivity index (χ2v) is 8.82. The molecule has 200 valence electrons. The van der Waals surface area contributed by atoms with Crippen LogP contribution < -0.4 is 5.73 Å².